The number of halogens is 1. The molecule has 0 aliphatic carbocycles. The third-order valence-electron chi connectivity index (χ3n) is 3.17. The second-order valence-electron chi connectivity index (χ2n) is 4.91. The summed E-state index contributed by atoms with van der Waals surface area (Å²) >= 11 is 1.31. The molecule has 23 heavy (non-hydrogen) atoms. The van der Waals surface area contributed by atoms with Gasteiger partial charge >= 0.3 is 0 Å². The Kier molecular flexibility index (Phi) is 4.52. The van der Waals surface area contributed by atoms with Crippen LogP contribution in [-0.2, 0) is 4.79 Å². The number of thioether (sulfide) groups is 1. The van der Waals surface area contributed by atoms with E-state index in [-0.39, 0.29) is 17.3 Å². The summed E-state index contributed by atoms with van der Waals surface area (Å²) in [5.74, 6) is 0.0738. The van der Waals surface area contributed by atoms with Crippen molar-refractivity contribution in [3.8, 4) is 0 Å². The van der Waals surface area contributed by atoms with Crippen molar-refractivity contribution in [2.24, 2.45) is 0 Å². The van der Waals surface area contributed by atoms with Crippen LogP contribution in [0.1, 0.15) is 5.82 Å². The van der Waals surface area contributed by atoms with Crippen LogP contribution in [0, 0.1) is 12.7 Å². The fourth-order valence-corrected chi connectivity index (χ4v) is 3.02. The van der Waals surface area contributed by atoms with E-state index in [1.165, 1.54) is 23.9 Å². The summed E-state index contributed by atoms with van der Waals surface area (Å²) in [4.78, 5) is 20.8. The van der Waals surface area contributed by atoms with Crippen molar-refractivity contribution in [1.29, 1.82) is 0 Å². The highest BCUT2D eigenvalue weighted by Crippen LogP contribution is 2.25. The first-order valence-electron chi connectivity index (χ1n) is 7.04. The average molecular weight is 327 g/mol. The SMILES string of the molecule is Cc1nc(SCC(=O)Nc2ccccc2F)c2ccccc2n1. The van der Waals surface area contributed by atoms with Crippen molar-refractivity contribution in [2.45, 2.75) is 11.9 Å². The summed E-state index contributed by atoms with van der Waals surface area (Å²) in [5.41, 5.74) is 1.03. The van der Waals surface area contributed by atoms with Gasteiger partial charge in [0.15, 0.2) is 0 Å². The van der Waals surface area contributed by atoms with E-state index in [2.05, 4.69) is 15.3 Å². The highest BCUT2D eigenvalue weighted by Gasteiger charge is 2.10. The molecule has 0 fully saturated rings. The van der Waals surface area contributed by atoms with E-state index in [4.69, 9.17) is 0 Å². The van der Waals surface area contributed by atoms with Gasteiger partial charge in [-0.15, -0.1) is 0 Å². The van der Waals surface area contributed by atoms with Gasteiger partial charge in [-0.2, -0.15) is 0 Å². The number of carbonyl (C=O) groups is 1. The van der Waals surface area contributed by atoms with E-state index in [0.717, 1.165) is 15.9 Å². The lowest BCUT2D eigenvalue weighted by Crippen LogP contribution is -2.15. The van der Waals surface area contributed by atoms with Crippen LogP contribution < -0.4 is 5.32 Å². The third-order valence-corrected chi connectivity index (χ3v) is 4.16. The number of anilines is 1. The molecule has 0 aliphatic heterocycles. The molecule has 0 spiro atoms. The Hall–Kier alpha value is -2.47. The quantitative estimate of drug-likeness (QED) is 0.585. The largest absolute Gasteiger partial charge is 0.323 e. The maximum absolute atomic E-state index is 13.5. The Morgan fingerprint density at radius 2 is 1.87 bits per heavy atom. The molecule has 3 aromatic rings. The maximum atomic E-state index is 13.5. The molecule has 4 nitrogen and oxygen atoms in total. The number of rotatable bonds is 4. The van der Waals surface area contributed by atoms with Crippen molar-refractivity contribution in [3.63, 3.8) is 0 Å². The Labute approximate surface area is 137 Å². The molecule has 1 aromatic heterocycles. The number of aryl methyl sites for hydroxylation is 1. The summed E-state index contributed by atoms with van der Waals surface area (Å²) in [6.07, 6.45) is 0. The topological polar surface area (TPSA) is 54.9 Å². The van der Waals surface area contributed by atoms with Crippen molar-refractivity contribution in [1.82, 2.24) is 9.97 Å². The van der Waals surface area contributed by atoms with E-state index in [0.29, 0.717) is 5.82 Å². The van der Waals surface area contributed by atoms with E-state index >= 15 is 0 Å². The van der Waals surface area contributed by atoms with Gasteiger partial charge in [-0.25, -0.2) is 14.4 Å². The molecular weight excluding hydrogens is 313 g/mol. The summed E-state index contributed by atoms with van der Waals surface area (Å²) in [7, 11) is 0. The van der Waals surface area contributed by atoms with Crippen LogP contribution in [0.2, 0.25) is 0 Å². The van der Waals surface area contributed by atoms with E-state index in [9.17, 15) is 9.18 Å². The molecular formula is C17H14FN3OS. The van der Waals surface area contributed by atoms with Crippen LogP contribution in [0.25, 0.3) is 10.9 Å². The molecule has 1 heterocycles. The fraction of sp³-hybridized carbons (Fsp3) is 0.118. The highest BCUT2D eigenvalue weighted by molar-refractivity contribution is 8.00. The normalized spacial score (nSPS) is 10.7. The van der Waals surface area contributed by atoms with Crippen LogP contribution in [-0.4, -0.2) is 21.6 Å². The zero-order valence-electron chi connectivity index (χ0n) is 12.4. The van der Waals surface area contributed by atoms with Crippen molar-refractivity contribution in [3.05, 3.63) is 60.2 Å². The highest BCUT2D eigenvalue weighted by atomic mass is 32.2. The first kappa shape index (κ1) is 15.4. The van der Waals surface area contributed by atoms with Gasteiger partial charge in [0.1, 0.15) is 16.7 Å². The molecule has 0 radical (unpaired) electrons. The number of aromatic nitrogens is 2. The smallest absolute Gasteiger partial charge is 0.234 e. The lowest BCUT2D eigenvalue weighted by atomic mass is 10.2. The van der Waals surface area contributed by atoms with Crippen molar-refractivity contribution < 1.29 is 9.18 Å². The molecule has 0 saturated heterocycles. The van der Waals surface area contributed by atoms with E-state index < -0.39 is 5.82 Å². The zero-order chi connectivity index (χ0) is 16.2. The molecule has 0 atom stereocenters. The number of carbonyl (C=O) groups excluding carboxylic acids is 1. The number of nitrogens with zero attached hydrogens (tertiary/aromatic N) is 2. The number of para-hydroxylation sites is 2. The van der Waals surface area contributed by atoms with Gasteiger partial charge < -0.3 is 5.32 Å². The van der Waals surface area contributed by atoms with Crippen LogP contribution in [0.3, 0.4) is 0 Å². The number of nitrogens with one attached hydrogen (secondary N) is 1. The number of amides is 1. The van der Waals surface area contributed by atoms with Gasteiger partial charge in [0.2, 0.25) is 5.91 Å². The van der Waals surface area contributed by atoms with Gasteiger partial charge in [-0.3, -0.25) is 4.79 Å². The first-order chi connectivity index (χ1) is 11.1. The predicted octanol–water partition coefficient (Wildman–Crippen LogP) is 3.81. The molecule has 3 rings (SSSR count). The second-order valence-corrected chi connectivity index (χ2v) is 5.87. The molecule has 116 valence electrons. The third kappa shape index (κ3) is 3.65. The maximum Gasteiger partial charge on any atom is 0.234 e. The minimum absolute atomic E-state index is 0.148. The Morgan fingerprint density at radius 3 is 2.70 bits per heavy atom. The summed E-state index contributed by atoms with van der Waals surface area (Å²) < 4.78 is 13.5. The summed E-state index contributed by atoms with van der Waals surface area (Å²) in [6, 6.07) is 13.7. The monoisotopic (exact) mass is 327 g/mol. The van der Waals surface area contributed by atoms with Crippen molar-refractivity contribution >= 4 is 34.3 Å². The van der Waals surface area contributed by atoms with Crippen LogP contribution in [0.15, 0.2) is 53.6 Å². The molecule has 1 N–H and O–H groups in total. The minimum atomic E-state index is -0.450. The van der Waals surface area contributed by atoms with Crippen LogP contribution >= 0.6 is 11.8 Å². The first-order valence-corrected chi connectivity index (χ1v) is 8.02. The predicted molar refractivity (Wildman–Crippen MR) is 90.0 cm³/mol. The van der Waals surface area contributed by atoms with Gasteiger partial charge in [0, 0.05) is 5.39 Å². The Morgan fingerprint density at radius 1 is 1.13 bits per heavy atom. The molecule has 0 bridgehead atoms. The van der Waals surface area contributed by atoms with Gasteiger partial charge in [-0.1, -0.05) is 42.1 Å². The van der Waals surface area contributed by atoms with E-state index in [1.807, 2.05) is 31.2 Å². The lowest BCUT2D eigenvalue weighted by molar-refractivity contribution is -0.113. The Balaban J connectivity index is 1.73. The summed E-state index contributed by atoms with van der Waals surface area (Å²) in [6.45, 7) is 1.82. The second kappa shape index (κ2) is 6.75. The standard InChI is InChI=1S/C17H14FN3OS/c1-11-19-14-8-4-2-6-12(14)17(20-11)23-10-16(22)21-15-9-5-3-7-13(15)18/h2-9H,10H2,1H3,(H,21,22). The van der Waals surface area contributed by atoms with E-state index in [1.54, 1.807) is 12.1 Å². The average Bonchev–Trinajstić information content (AvgIpc) is 2.54. The summed E-state index contributed by atoms with van der Waals surface area (Å²) in [5, 5.41) is 4.22. The number of benzene rings is 2. The molecule has 0 aliphatic rings. The molecule has 1 amide bonds. The lowest BCUT2D eigenvalue weighted by Gasteiger charge is -2.08. The van der Waals surface area contributed by atoms with Gasteiger partial charge in [0.05, 0.1) is 17.0 Å². The minimum Gasteiger partial charge on any atom is -0.323 e. The Bertz CT molecular complexity index is 869. The number of hydrogen-bond donors (Lipinski definition) is 1. The van der Waals surface area contributed by atoms with Gasteiger partial charge in [0.25, 0.3) is 0 Å². The molecule has 6 heteroatoms. The molecule has 0 saturated carbocycles. The number of hydrogen-bond acceptors (Lipinski definition) is 4. The zero-order valence-corrected chi connectivity index (χ0v) is 13.2. The fourth-order valence-electron chi connectivity index (χ4n) is 2.15. The van der Waals surface area contributed by atoms with Crippen LogP contribution in [0.5, 0.6) is 0 Å². The molecule has 0 unspecified atom stereocenters. The van der Waals surface area contributed by atoms with Gasteiger partial charge in [-0.05, 0) is 25.1 Å². The van der Waals surface area contributed by atoms with Crippen molar-refractivity contribution in [2.75, 3.05) is 11.1 Å². The molecule has 2 aromatic carbocycles. The number of fused-ring (bicyclic) bond motifs is 1. The van der Waals surface area contributed by atoms with Crippen LogP contribution in [0.4, 0.5) is 10.1 Å².